The number of ether oxygens (including phenoxy) is 1. The minimum atomic E-state index is -0.205. The van der Waals surface area contributed by atoms with Crippen LogP contribution in [0.5, 0.6) is 0 Å². The van der Waals surface area contributed by atoms with E-state index in [0.717, 1.165) is 13.1 Å². The Hall–Kier alpha value is -2.55. The molecule has 0 unspecified atom stereocenters. The van der Waals surface area contributed by atoms with Crippen LogP contribution in [0.3, 0.4) is 0 Å². The normalized spacial score (nSPS) is 15.0. The zero-order valence-electron chi connectivity index (χ0n) is 11.3. The second-order valence-corrected chi connectivity index (χ2v) is 4.51. The van der Waals surface area contributed by atoms with Crippen molar-refractivity contribution < 1.29 is 9.53 Å². The highest BCUT2D eigenvalue weighted by Gasteiger charge is 2.13. The van der Waals surface area contributed by atoms with Crippen LogP contribution in [0.25, 0.3) is 0 Å². The lowest BCUT2D eigenvalue weighted by Gasteiger charge is -2.26. The monoisotopic (exact) mass is 289 g/mol. The number of nitrogens with zero attached hydrogens (tertiary/aromatic N) is 6. The molecule has 110 valence electrons. The van der Waals surface area contributed by atoms with E-state index < -0.39 is 0 Å². The number of carbonyl (C=O) groups excluding carboxylic acids is 1. The van der Waals surface area contributed by atoms with Crippen LogP contribution in [-0.4, -0.2) is 56.9 Å². The smallest absolute Gasteiger partial charge is 0.246 e. The van der Waals surface area contributed by atoms with E-state index in [1.54, 1.807) is 12.4 Å². The summed E-state index contributed by atoms with van der Waals surface area (Å²) in [5.74, 6) is 0.441. The minimum Gasteiger partial charge on any atom is -0.378 e. The second kappa shape index (κ2) is 6.27. The lowest BCUT2D eigenvalue weighted by molar-refractivity contribution is -0.116. The Morgan fingerprint density at radius 2 is 2.05 bits per heavy atom. The number of amides is 1. The quantitative estimate of drug-likeness (QED) is 0.813. The van der Waals surface area contributed by atoms with E-state index >= 15 is 0 Å². The van der Waals surface area contributed by atoms with Gasteiger partial charge in [-0.15, -0.1) is 0 Å². The van der Waals surface area contributed by atoms with Gasteiger partial charge in [-0.2, -0.15) is 5.10 Å². The second-order valence-electron chi connectivity index (χ2n) is 4.51. The first kappa shape index (κ1) is 13.4. The van der Waals surface area contributed by atoms with Gasteiger partial charge in [-0.25, -0.2) is 19.6 Å². The molecule has 0 bridgehead atoms. The van der Waals surface area contributed by atoms with E-state index in [4.69, 9.17) is 4.74 Å². The lowest BCUT2D eigenvalue weighted by Crippen LogP contribution is -2.37. The van der Waals surface area contributed by atoms with Crippen molar-refractivity contribution >= 4 is 17.5 Å². The van der Waals surface area contributed by atoms with Crippen LogP contribution in [0.4, 0.5) is 11.6 Å². The molecule has 1 N–H and O–H groups in total. The zero-order chi connectivity index (χ0) is 14.5. The van der Waals surface area contributed by atoms with Crippen LogP contribution in [0.2, 0.25) is 0 Å². The molecule has 0 spiro atoms. The summed E-state index contributed by atoms with van der Waals surface area (Å²) in [6.45, 7) is 3.01. The molecule has 0 aliphatic carbocycles. The van der Waals surface area contributed by atoms with Gasteiger partial charge in [-0.3, -0.25) is 4.79 Å². The minimum absolute atomic E-state index is 0.102. The van der Waals surface area contributed by atoms with Gasteiger partial charge in [0.05, 0.1) is 31.3 Å². The Labute approximate surface area is 121 Å². The Balaban J connectivity index is 1.57. The third-order valence-corrected chi connectivity index (χ3v) is 2.99. The Bertz CT molecular complexity index is 578. The zero-order valence-corrected chi connectivity index (χ0v) is 11.3. The number of hydrogen-bond donors (Lipinski definition) is 1. The summed E-state index contributed by atoms with van der Waals surface area (Å²) in [6, 6.07) is 0. The predicted molar refractivity (Wildman–Crippen MR) is 73.7 cm³/mol. The highest BCUT2D eigenvalue weighted by atomic mass is 16.5. The van der Waals surface area contributed by atoms with Gasteiger partial charge in [0.1, 0.15) is 19.2 Å². The number of nitrogens with one attached hydrogen (secondary N) is 1. The first-order valence-electron chi connectivity index (χ1n) is 6.58. The number of carbonyl (C=O) groups is 1. The third kappa shape index (κ3) is 3.51. The fraction of sp³-hybridized carbons (Fsp3) is 0.417. The third-order valence-electron chi connectivity index (χ3n) is 2.99. The number of hydrogen-bond acceptors (Lipinski definition) is 7. The maximum atomic E-state index is 11.8. The molecular weight excluding hydrogens is 274 g/mol. The van der Waals surface area contributed by atoms with Crippen LogP contribution in [0.1, 0.15) is 0 Å². The Morgan fingerprint density at radius 1 is 1.29 bits per heavy atom. The molecule has 0 aromatic carbocycles. The molecule has 1 aliphatic rings. The fourth-order valence-electron chi connectivity index (χ4n) is 1.97. The summed E-state index contributed by atoms with van der Waals surface area (Å²) in [6.07, 6.45) is 6.05. The van der Waals surface area contributed by atoms with Crippen LogP contribution < -0.4 is 10.2 Å². The standard InChI is InChI=1S/C12H15N7O2/c20-11(7-19-9-13-8-16-19)17-10-5-14-12(15-6-10)18-1-3-21-4-2-18/h5-6,8-9H,1-4,7H2,(H,17,20). The van der Waals surface area contributed by atoms with Gasteiger partial charge >= 0.3 is 0 Å². The molecule has 2 aromatic heterocycles. The summed E-state index contributed by atoms with van der Waals surface area (Å²) in [5.41, 5.74) is 0.553. The van der Waals surface area contributed by atoms with Gasteiger partial charge in [0.15, 0.2) is 0 Å². The van der Waals surface area contributed by atoms with Crippen LogP contribution in [0.15, 0.2) is 25.0 Å². The molecule has 3 rings (SSSR count). The molecule has 9 heteroatoms. The predicted octanol–water partition coefficient (Wildman–Crippen LogP) is -0.457. The number of rotatable bonds is 4. The first-order valence-corrected chi connectivity index (χ1v) is 6.58. The van der Waals surface area contributed by atoms with Crippen molar-refractivity contribution in [3.05, 3.63) is 25.0 Å². The first-order chi connectivity index (χ1) is 10.3. The SMILES string of the molecule is O=C(Cn1cncn1)Nc1cnc(N2CCOCC2)nc1. The molecule has 9 nitrogen and oxygen atoms in total. The van der Waals surface area contributed by atoms with E-state index in [2.05, 4.69) is 25.4 Å². The fourth-order valence-corrected chi connectivity index (χ4v) is 1.97. The van der Waals surface area contributed by atoms with Crippen molar-refractivity contribution in [2.24, 2.45) is 0 Å². The molecule has 1 fully saturated rings. The summed E-state index contributed by atoms with van der Waals surface area (Å²) in [4.78, 5) is 26.1. The lowest BCUT2D eigenvalue weighted by atomic mass is 10.4. The number of aromatic nitrogens is 5. The average Bonchev–Trinajstić information content (AvgIpc) is 3.02. The van der Waals surface area contributed by atoms with Crippen molar-refractivity contribution in [1.82, 2.24) is 24.7 Å². The van der Waals surface area contributed by atoms with Gasteiger partial charge < -0.3 is 15.0 Å². The highest BCUT2D eigenvalue weighted by Crippen LogP contribution is 2.11. The van der Waals surface area contributed by atoms with Crippen LogP contribution in [-0.2, 0) is 16.1 Å². The molecule has 21 heavy (non-hydrogen) atoms. The Kier molecular flexibility index (Phi) is 4.01. The molecule has 1 saturated heterocycles. The van der Waals surface area contributed by atoms with E-state index in [1.165, 1.54) is 17.3 Å². The summed E-state index contributed by atoms with van der Waals surface area (Å²) < 4.78 is 6.72. The topological polar surface area (TPSA) is 98.1 Å². The van der Waals surface area contributed by atoms with Gasteiger partial charge in [0.25, 0.3) is 0 Å². The maximum absolute atomic E-state index is 11.8. The van der Waals surface area contributed by atoms with Crippen molar-refractivity contribution in [3.63, 3.8) is 0 Å². The largest absolute Gasteiger partial charge is 0.378 e. The van der Waals surface area contributed by atoms with Gasteiger partial charge in [0, 0.05) is 13.1 Å². The van der Waals surface area contributed by atoms with Gasteiger partial charge in [0.2, 0.25) is 11.9 Å². The van der Waals surface area contributed by atoms with Crippen molar-refractivity contribution in [2.75, 3.05) is 36.5 Å². The molecular formula is C12H15N7O2. The molecule has 1 aliphatic heterocycles. The summed E-state index contributed by atoms with van der Waals surface area (Å²) in [7, 11) is 0. The van der Waals surface area contributed by atoms with Crippen molar-refractivity contribution in [1.29, 1.82) is 0 Å². The summed E-state index contributed by atoms with van der Waals surface area (Å²) >= 11 is 0. The van der Waals surface area contributed by atoms with Crippen LogP contribution >= 0.6 is 0 Å². The van der Waals surface area contributed by atoms with E-state index in [-0.39, 0.29) is 12.5 Å². The molecule has 0 saturated carbocycles. The van der Waals surface area contributed by atoms with E-state index in [9.17, 15) is 4.79 Å². The molecule has 3 heterocycles. The number of morpholine rings is 1. The van der Waals surface area contributed by atoms with Gasteiger partial charge in [-0.05, 0) is 0 Å². The van der Waals surface area contributed by atoms with Crippen molar-refractivity contribution in [3.8, 4) is 0 Å². The molecule has 1 amide bonds. The highest BCUT2D eigenvalue weighted by molar-refractivity contribution is 5.90. The summed E-state index contributed by atoms with van der Waals surface area (Å²) in [5, 5.41) is 6.58. The number of anilines is 2. The van der Waals surface area contributed by atoms with Crippen LogP contribution in [0, 0.1) is 0 Å². The van der Waals surface area contributed by atoms with E-state index in [1.807, 2.05) is 4.90 Å². The molecule has 0 atom stereocenters. The maximum Gasteiger partial charge on any atom is 0.246 e. The van der Waals surface area contributed by atoms with Gasteiger partial charge in [-0.1, -0.05) is 0 Å². The average molecular weight is 289 g/mol. The molecule has 2 aromatic rings. The van der Waals surface area contributed by atoms with Crippen molar-refractivity contribution in [2.45, 2.75) is 6.54 Å². The Morgan fingerprint density at radius 3 is 2.71 bits per heavy atom. The molecule has 0 radical (unpaired) electrons. The van der Waals surface area contributed by atoms with E-state index in [0.29, 0.717) is 24.8 Å².